The highest BCUT2D eigenvalue weighted by molar-refractivity contribution is 5.93. The van der Waals surface area contributed by atoms with Gasteiger partial charge in [-0.1, -0.05) is 0 Å². The monoisotopic (exact) mass is 344 g/mol. The fourth-order valence-electron chi connectivity index (χ4n) is 7.62. The van der Waals surface area contributed by atoms with Crippen LogP contribution < -0.4 is 5.73 Å². The van der Waals surface area contributed by atoms with Crippen molar-refractivity contribution in [1.82, 2.24) is 0 Å². The number of nitrogens with two attached hydrogens (primary N) is 1. The first-order valence-corrected chi connectivity index (χ1v) is 9.92. The van der Waals surface area contributed by atoms with Crippen molar-refractivity contribution < 1.29 is 14.7 Å². The summed E-state index contributed by atoms with van der Waals surface area (Å²) >= 11 is 0. The SMILES string of the molecule is C=N[C@H](C(=O)C1[C@H]2C[C@H]2C[C@H]1C(N)=O)C1C2CC3CC(C2)CC1(O)C3. The van der Waals surface area contributed by atoms with E-state index in [-0.39, 0.29) is 29.4 Å². The van der Waals surface area contributed by atoms with E-state index in [0.29, 0.717) is 29.6 Å². The Morgan fingerprint density at radius 3 is 2.32 bits per heavy atom. The van der Waals surface area contributed by atoms with Crippen molar-refractivity contribution in [3.8, 4) is 0 Å². The van der Waals surface area contributed by atoms with E-state index < -0.39 is 11.6 Å². The molecule has 0 aromatic rings. The van der Waals surface area contributed by atoms with Crippen LogP contribution in [-0.4, -0.2) is 35.2 Å². The lowest BCUT2D eigenvalue weighted by atomic mass is 9.48. The first-order valence-electron chi connectivity index (χ1n) is 9.92. The minimum atomic E-state index is -0.764. The molecule has 5 heteroatoms. The van der Waals surface area contributed by atoms with Crippen LogP contribution >= 0.6 is 0 Å². The lowest BCUT2D eigenvalue weighted by molar-refractivity contribution is -0.181. The van der Waals surface area contributed by atoms with Gasteiger partial charge < -0.3 is 10.8 Å². The van der Waals surface area contributed by atoms with Crippen molar-refractivity contribution in [1.29, 1.82) is 0 Å². The molecule has 4 bridgehead atoms. The average molecular weight is 344 g/mol. The molecule has 1 amide bonds. The van der Waals surface area contributed by atoms with Crippen LogP contribution in [0.5, 0.6) is 0 Å². The predicted molar refractivity (Wildman–Crippen MR) is 92.7 cm³/mol. The van der Waals surface area contributed by atoms with Crippen molar-refractivity contribution in [3.05, 3.63) is 0 Å². The third-order valence-corrected chi connectivity index (χ3v) is 8.30. The van der Waals surface area contributed by atoms with Gasteiger partial charge in [-0.05, 0) is 81.3 Å². The molecule has 4 unspecified atom stereocenters. The number of nitrogens with zero attached hydrogens (tertiary/aromatic N) is 1. The molecule has 5 nitrogen and oxygen atoms in total. The number of ketones is 1. The van der Waals surface area contributed by atoms with Gasteiger partial charge in [-0.3, -0.25) is 14.6 Å². The van der Waals surface area contributed by atoms with Gasteiger partial charge in [0, 0.05) is 17.8 Å². The first kappa shape index (κ1) is 16.0. The van der Waals surface area contributed by atoms with Gasteiger partial charge in [0.1, 0.15) is 6.04 Å². The highest BCUT2D eigenvalue weighted by Crippen LogP contribution is 2.62. The van der Waals surface area contributed by atoms with Crippen LogP contribution in [0.3, 0.4) is 0 Å². The lowest BCUT2D eigenvalue weighted by Crippen LogP contribution is -2.62. The summed E-state index contributed by atoms with van der Waals surface area (Å²) < 4.78 is 0. The van der Waals surface area contributed by atoms with Gasteiger partial charge in [-0.15, -0.1) is 0 Å². The van der Waals surface area contributed by atoms with Crippen molar-refractivity contribution in [2.24, 2.45) is 58.1 Å². The molecule has 0 saturated heterocycles. The van der Waals surface area contributed by atoms with Crippen molar-refractivity contribution >= 4 is 18.4 Å². The number of amides is 1. The Balaban J connectivity index is 1.45. The molecular weight excluding hydrogens is 316 g/mol. The predicted octanol–water partition coefficient (Wildman–Crippen LogP) is 1.57. The Labute approximate surface area is 148 Å². The molecule has 0 aromatic heterocycles. The van der Waals surface area contributed by atoms with E-state index in [1.54, 1.807) is 0 Å². The van der Waals surface area contributed by atoms with Crippen molar-refractivity contribution in [2.75, 3.05) is 0 Å². The Hall–Kier alpha value is -1.23. The van der Waals surface area contributed by atoms with Crippen LogP contribution in [0.15, 0.2) is 4.99 Å². The molecular formula is C20H28N2O3. The zero-order chi connectivity index (χ0) is 17.5. The van der Waals surface area contributed by atoms with Gasteiger partial charge in [0.05, 0.1) is 5.60 Å². The van der Waals surface area contributed by atoms with Crippen LogP contribution in [0.2, 0.25) is 0 Å². The van der Waals surface area contributed by atoms with E-state index in [1.807, 2.05) is 0 Å². The summed E-state index contributed by atoms with van der Waals surface area (Å²) in [6.45, 7) is 3.73. The highest BCUT2D eigenvalue weighted by atomic mass is 16.3. The van der Waals surface area contributed by atoms with Gasteiger partial charge >= 0.3 is 0 Å². The maximum absolute atomic E-state index is 13.4. The average Bonchev–Trinajstić information content (AvgIpc) is 3.19. The number of Topliss-reactive ketones (excluding diaryl/α,β-unsaturated/α-hetero) is 1. The Kier molecular flexibility index (Phi) is 3.29. The molecule has 3 N–H and O–H groups in total. The molecule has 0 heterocycles. The molecule has 6 saturated carbocycles. The number of fused-ring (bicyclic) bond motifs is 1. The van der Waals surface area contributed by atoms with Gasteiger partial charge in [-0.25, -0.2) is 0 Å². The smallest absolute Gasteiger partial charge is 0.221 e. The summed E-state index contributed by atoms with van der Waals surface area (Å²) in [7, 11) is 0. The van der Waals surface area contributed by atoms with Crippen LogP contribution in [-0.2, 0) is 9.59 Å². The normalized spacial score (nSPS) is 53.3. The van der Waals surface area contributed by atoms with Crippen LogP contribution in [0.1, 0.15) is 44.9 Å². The largest absolute Gasteiger partial charge is 0.389 e. The minimum Gasteiger partial charge on any atom is -0.389 e. The van der Waals surface area contributed by atoms with E-state index in [2.05, 4.69) is 11.7 Å². The van der Waals surface area contributed by atoms with Gasteiger partial charge in [-0.2, -0.15) is 0 Å². The molecule has 0 radical (unpaired) electrons. The number of aliphatic hydroxyl groups is 1. The Morgan fingerprint density at radius 2 is 1.76 bits per heavy atom. The number of hydrogen-bond acceptors (Lipinski definition) is 4. The summed E-state index contributed by atoms with van der Waals surface area (Å²) in [4.78, 5) is 29.6. The van der Waals surface area contributed by atoms with E-state index >= 15 is 0 Å². The maximum atomic E-state index is 13.4. The molecule has 6 fully saturated rings. The summed E-state index contributed by atoms with van der Waals surface area (Å²) in [5.41, 5.74) is 4.82. The van der Waals surface area contributed by atoms with E-state index in [1.165, 1.54) is 6.42 Å². The molecule has 25 heavy (non-hydrogen) atoms. The Morgan fingerprint density at radius 1 is 1.08 bits per heavy atom. The zero-order valence-electron chi connectivity index (χ0n) is 14.6. The number of hydrogen-bond donors (Lipinski definition) is 2. The van der Waals surface area contributed by atoms with Crippen LogP contribution in [0.4, 0.5) is 0 Å². The molecule has 0 aliphatic heterocycles. The second-order valence-corrected chi connectivity index (χ2v) is 9.70. The van der Waals surface area contributed by atoms with E-state index in [4.69, 9.17) is 5.73 Å². The summed E-state index contributed by atoms with van der Waals surface area (Å²) in [6, 6.07) is -0.568. The standard InChI is InChI=1S/C20H28N2O3/c1-22-17(18(23)15-13-5-11(13)6-14(15)19(21)24)16-12-3-9-2-10(4-12)8-20(16,25)7-9/h9-17,25H,1-8H2,(H2,21,24)/t9?,10?,11-,12?,13-,14+,15?,16?,17-,20?/m0/s1. The molecule has 0 aromatic carbocycles. The molecule has 6 aliphatic rings. The summed E-state index contributed by atoms with van der Waals surface area (Å²) in [5.74, 6) is 1.32. The van der Waals surface area contributed by atoms with Gasteiger partial charge in [0.15, 0.2) is 5.78 Å². The topological polar surface area (TPSA) is 92.8 Å². The van der Waals surface area contributed by atoms with Crippen molar-refractivity contribution in [3.63, 3.8) is 0 Å². The third kappa shape index (κ3) is 2.20. The van der Waals surface area contributed by atoms with E-state index in [0.717, 1.165) is 38.5 Å². The van der Waals surface area contributed by atoms with Gasteiger partial charge in [0.25, 0.3) is 0 Å². The first-order chi connectivity index (χ1) is 11.9. The number of rotatable bonds is 5. The van der Waals surface area contributed by atoms with Crippen LogP contribution in [0, 0.1) is 47.3 Å². The molecule has 6 rings (SSSR count). The third-order valence-electron chi connectivity index (χ3n) is 8.30. The quantitative estimate of drug-likeness (QED) is 0.741. The van der Waals surface area contributed by atoms with Crippen LogP contribution in [0.25, 0.3) is 0 Å². The Bertz CT molecular complexity index is 633. The minimum absolute atomic E-state index is 0.0368. The lowest BCUT2D eigenvalue weighted by Gasteiger charge is -2.60. The number of aliphatic imine (C=N–C) groups is 1. The fraction of sp³-hybridized carbons (Fsp3) is 0.850. The number of carbonyl (C=O) groups is 2. The molecule has 0 spiro atoms. The highest BCUT2D eigenvalue weighted by Gasteiger charge is 2.63. The van der Waals surface area contributed by atoms with Crippen molar-refractivity contribution in [2.45, 2.75) is 56.6 Å². The molecule has 6 aliphatic carbocycles. The molecule has 8 atom stereocenters. The molecule has 136 valence electrons. The second-order valence-electron chi connectivity index (χ2n) is 9.70. The zero-order valence-corrected chi connectivity index (χ0v) is 14.6. The van der Waals surface area contributed by atoms with E-state index in [9.17, 15) is 14.7 Å². The fourth-order valence-corrected chi connectivity index (χ4v) is 7.62. The summed E-state index contributed by atoms with van der Waals surface area (Å²) in [6.07, 6.45) is 6.86. The number of carbonyl (C=O) groups excluding carboxylic acids is 2. The van der Waals surface area contributed by atoms with Gasteiger partial charge in [0.2, 0.25) is 5.91 Å². The summed E-state index contributed by atoms with van der Waals surface area (Å²) in [5, 5.41) is 11.4. The maximum Gasteiger partial charge on any atom is 0.221 e. The number of primary amides is 1. The second kappa shape index (κ2) is 5.15.